The average molecular weight is 388 g/mol. The molecule has 0 spiro atoms. The number of hydrogen-bond donors (Lipinski definition) is 0. The zero-order valence-electron chi connectivity index (χ0n) is 15.9. The lowest BCUT2D eigenvalue weighted by atomic mass is 10.0. The molecule has 0 amide bonds. The molecule has 146 valence electrons. The van der Waals surface area contributed by atoms with Gasteiger partial charge in [-0.05, 0) is 48.2 Å². The molecular formula is C22H20N4O3. The third-order valence-electron chi connectivity index (χ3n) is 4.99. The molecule has 0 atom stereocenters. The van der Waals surface area contributed by atoms with Crippen LogP contribution in [-0.4, -0.2) is 20.3 Å². The summed E-state index contributed by atoms with van der Waals surface area (Å²) < 4.78 is 8.21. The van der Waals surface area contributed by atoms with Crippen molar-refractivity contribution in [2.24, 2.45) is 0 Å². The van der Waals surface area contributed by atoms with E-state index in [-0.39, 0.29) is 12.2 Å². The van der Waals surface area contributed by atoms with Crippen molar-refractivity contribution in [3.05, 3.63) is 70.4 Å². The molecule has 0 bridgehead atoms. The Balaban J connectivity index is 1.42. The smallest absolute Gasteiger partial charge is 0.346 e. The molecule has 0 saturated heterocycles. The summed E-state index contributed by atoms with van der Waals surface area (Å²) in [5.41, 5.74) is 2.26. The van der Waals surface area contributed by atoms with E-state index in [9.17, 15) is 9.59 Å². The van der Waals surface area contributed by atoms with E-state index < -0.39 is 5.97 Å². The van der Waals surface area contributed by atoms with Crippen LogP contribution in [0.15, 0.2) is 53.3 Å². The minimum atomic E-state index is -0.536. The van der Waals surface area contributed by atoms with E-state index in [1.165, 1.54) is 4.68 Å². The van der Waals surface area contributed by atoms with Crippen LogP contribution in [0.3, 0.4) is 0 Å². The first kappa shape index (κ1) is 18.7. The number of hydrogen-bond acceptors (Lipinski definition) is 5. The van der Waals surface area contributed by atoms with E-state index in [0.717, 1.165) is 42.6 Å². The van der Waals surface area contributed by atoms with Crippen molar-refractivity contribution in [1.82, 2.24) is 14.3 Å². The largest absolute Gasteiger partial charge is 0.425 e. The number of esters is 1. The topological polar surface area (TPSA) is 89.9 Å². The Hall–Kier alpha value is -3.66. The maximum absolute atomic E-state index is 12.4. The molecule has 29 heavy (non-hydrogen) atoms. The quantitative estimate of drug-likeness (QED) is 0.506. The third kappa shape index (κ3) is 4.11. The molecule has 7 heteroatoms. The molecule has 4 rings (SSSR count). The summed E-state index contributed by atoms with van der Waals surface area (Å²) in [6, 6.07) is 16.4. The maximum atomic E-state index is 12.4. The van der Waals surface area contributed by atoms with Gasteiger partial charge < -0.3 is 4.74 Å². The second kappa shape index (κ2) is 8.15. The molecule has 7 nitrogen and oxygen atoms in total. The average Bonchev–Trinajstić information content (AvgIpc) is 2.90. The number of aryl methyl sites for hydroxylation is 1. The summed E-state index contributed by atoms with van der Waals surface area (Å²) in [5, 5.41) is 13.2. The van der Waals surface area contributed by atoms with Gasteiger partial charge in [-0.3, -0.25) is 4.57 Å². The second-order valence-electron chi connectivity index (χ2n) is 7.01. The van der Waals surface area contributed by atoms with E-state index in [4.69, 9.17) is 10.00 Å². The van der Waals surface area contributed by atoms with Gasteiger partial charge in [-0.1, -0.05) is 30.7 Å². The molecule has 1 aliphatic rings. The number of nitrogens with zero attached hydrogens (tertiary/aromatic N) is 4. The predicted octanol–water partition coefficient (Wildman–Crippen LogP) is 2.92. The Kier molecular flexibility index (Phi) is 5.25. The number of nitriles is 1. The molecule has 0 aliphatic carbocycles. The van der Waals surface area contributed by atoms with Crippen molar-refractivity contribution in [1.29, 1.82) is 5.26 Å². The fraction of sp³-hybridized carbons (Fsp3) is 0.273. The number of benzene rings is 2. The first-order chi connectivity index (χ1) is 14.1. The van der Waals surface area contributed by atoms with Crippen molar-refractivity contribution in [3.63, 3.8) is 0 Å². The highest BCUT2D eigenvalue weighted by Gasteiger charge is 2.18. The lowest BCUT2D eigenvalue weighted by molar-refractivity contribution is -0.135. The molecule has 0 radical (unpaired) electrons. The van der Waals surface area contributed by atoms with Crippen molar-refractivity contribution in [2.45, 2.75) is 38.8 Å². The predicted molar refractivity (Wildman–Crippen MR) is 106 cm³/mol. The number of carbonyl (C=O) groups excluding carboxylic acids is 1. The lowest BCUT2D eigenvalue weighted by Crippen LogP contribution is -2.29. The van der Waals surface area contributed by atoms with E-state index in [0.29, 0.717) is 17.9 Å². The highest BCUT2D eigenvalue weighted by Crippen LogP contribution is 2.23. The number of carbonyl (C=O) groups is 1. The molecule has 0 fully saturated rings. The highest BCUT2D eigenvalue weighted by molar-refractivity contribution is 5.72. The minimum Gasteiger partial charge on any atom is -0.425 e. The number of fused-ring (bicyclic) bond motifs is 1. The second-order valence-corrected chi connectivity index (χ2v) is 7.01. The Bertz CT molecular complexity index is 1120. The highest BCUT2D eigenvalue weighted by atomic mass is 16.5. The van der Waals surface area contributed by atoms with Gasteiger partial charge in [0.05, 0.1) is 11.6 Å². The molecular weight excluding hydrogens is 368 g/mol. The first-order valence-corrected chi connectivity index (χ1v) is 9.62. The van der Waals surface area contributed by atoms with Crippen LogP contribution in [-0.2, 0) is 24.3 Å². The van der Waals surface area contributed by atoms with Crippen LogP contribution < -0.4 is 10.4 Å². The lowest BCUT2D eigenvalue weighted by Gasteiger charge is -2.06. The van der Waals surface area contributed by atoms with Crippen LogP contribution >= 0.6 is 0 Å². The van der Waals surface area contributed by atoms with Gasteiger partial charge in [0.1, 0.15) is 18.1 Å². The van der Waals surface area contributed by atoms with Gasteiger partial charge in [-0.2, -0.15) is 10.4 Å². The summed E-state index contributed by atoms with van der Waals surface area (Å²) in [7, 11) is 0. The third-order valence-corrected chi connectivity index (χ3v) is 4.99. The van der Waals surface area contributed by atoms with Crippen LogP contribution in [0.2, 0.25) is 0 Å². The summed E-state index contributed by atoms with van der Waals surface area (Å²) in [4.78, 5) is 24.7. The molecule has 1 aliphatic heterocycles. The van der Waals surface area contributed by atoms with Crippen molar-refractivity contribution >= 4 is 5.97 Å². The molecule has 0 N–H and O–H groups in total. The number of aromatic nitrogens is 3. The van der Waals surface area contributed by atoms with Gasteiger partial charge in [0.2, 0.25) is 0 Å². The van der Waals surface area contributed by atoms with Gasteiger partial charge in [-0.25, -0.2) is 14.3 Å². The van der Waals surface area contributed by atoms with E-state index in [1.807, 2.05) is 24.3 Å². The van der Waals surface area contributed by atoms with E-state index in [2.05, 4.69) is 11.2 Å². The van der Waals surface area contributed by atoms with Gasteiger partial charge >= 0.3 is 11.7 Å². The van der Waals surface area contributed by atoms with Crippen molar-refractivity contribution in [3.8, 4) is 22.9 Å². The molecule has 3 aromatic rings. The Morgan fingerprint density at radius 2 is 1.72 bits per heavy atom. The van der Waals surface area contributed by atoms with Gasteiger partial charge in [0.25, 0.3) is 0 Å². The molecule has 1 aromatic heterocycles. The summed E-state index contributed by atoms with van der Waals surface area (Å²) in [6.07, 6.45) is 3.80. The molecule has 2 aromatic carbocycles. The molecule has 2 heterocycles. The number of ether oxygens (including phenoxy) is 1. The molecule has 0 unspecified atom stereocenters. The van der Waals surface area contributed by atoms with Crippen molar-refractivity contribution in [2.75, 3.05) is 0 Å². The van der Waals surface area contributed by atoms with Crippen LogP contribution in [0.1, 0.15) is 30.7 Å². The SMILES string of the molecule is N#Cc1ccc(-c2ccc(OC(=O)Cn3nc4n(c3=O)CCCCC4)cc2)cc1. The Morgan fingerprint density at radius 3 is 2.41 bits per heavy atom. The van der Waals surface area contributed by atoms with Gasteiger partial charge in [0, 0.05) is 13.0 Å². The van der Waals surface area contributed by atoms with Gasteiger partial charge in [0.15, 0.2) is 0 Å². The van der Waals surface area contributed by atoms with Crippen LogP contribution in [0.4, 0.5) is 0 Å². The van der Waals surface area contributed by atoms with Crippen LogP contribution in [0, 0.1) is 11.3 Å². The fourth-order valence-corrected chi connectivity index (χ4v) is 3.47. The summed E-state index contributed by atoms with van der Waals surface area (Å²) in [6.45, 7) is 0.441. The molecule has 0 saturated carbocycles. The fourth-order valence-electron chi connectivity index (χ4n) is 3.47. The maximum Gasteiger partial charge on any atom is 0.346 e. The van der Waals surface area contributed by atoms with Gasteiger partial charge in [-0.15, -0.1) is 0 Å². The van der Waals surface area contributed by atoms with Crippen LogP contribution in [0.25, 0.3) is 11.1 Å². The zero-order valence-corrected chi connectivity index (χ0v) is 15.9. The summed E-state index contributed by atoms with van der Waals surface area (Å²) >= 11 is 0. The zero-order chi connectivity index (χ0) is 20.2. The number of rotatable bonds is 4. The standard InChI is InChI=1S/C22H20N4O3/c23-14-16-5-7-17(8-6-16)18-9-11-19(12-10-18)29-21(27)15-26-22(28)25-13-3-1-2-4-20(25)24-26/h5-12H,1-4,13,15H2. The Labute approximate surface area is 167 Å². The van der Waals surface area contributed by atoms with Crippen molar-refractivity contribution < 1.29 is 9.53 Å². The Morgan fingerprint density at radius 1 is 1.03 bits per heavy atom. The van der Waals surface area contributed by atoms with Crippen LogP contribution in [0.5, 0.6) is 5.75 Å². The van der Waals surface area contributed by atoms with E-state index in [1.54, 1.807) is 28.8 Å². The first-order valence-electron chi connectivity index (χ1n) is 9.62. The normalized spacial score (nSPS) is 13.2. The monoisotopic (exact) mass is 388 g/mol. The van der Waals surface area contributed by atoms with E-state index >= 15 is 0 Å². The summed E-state index contributed by atoms with van der Waals surface area (Å²) in [5.74, 6) is 0.611. The minimum absolute atomic E-state index is 0.212.